The Hall–Kier alpha value is -3.58. The van der Waals surface area contributed by atoms with Crippen LogP contribution in [0.1, 0.15) is 10.4 Å². The van der Waals surface area contributed by atoms with Gasteiger partial charge in [0.1, 0.15) is 0 Å². The number of piperazine rings is 1. The smallest absolute Gasteiger partial charge is 0.378 e. The summed E-state index contributed by atoms with van der Waals surface area (Å²) in [6, 6.07) is 8.80. The van der Waals surface area contributed by atoms with Gasteiger partial charge in [0, 0.05) is 57.1 Å². The molecule has 0 bridgehead atoms. The number of benzene rings is 2. The minimum absolute atomic E-state index is 0.107. The van der Waals surface area contributed by atoms with E-state index in [4.69, 9.17) is 16.3 Å². The molecule has 1 N–H and O–H groups in total. The SMILES string of the molecule is O=C(Nc1ccc(N2CCN(C(=O)C(F)(F)F)CC2)c(Cl)c1)c1cc([N+](=O)[O-])ccc1N1CCOCC1. The Morgan fingerprint density at radius 3 is 2.16 bits per heavy atom. The van der Waals surface area contributed by atoms with Crippen molar-refractivity contribution >= 4 is 46.2 Å². The van der Waals surface area contributed by atoms with Crippen molar-refractivity contribution in [1.29, 1.82) is 0 Å². The molecule has 198 valence electrons. The van der Waals surface area contributed by atoms with Crippen LogP contribution in [0.5, 0.6) is 0 Å². The molecule has 14 heteroatoms. The number of halogens is 4. The van der Waals surface area contributed by atoms with Crippen molar-refractivity contribution in [2.45, 2.75) is 6.18 Å². The first-order chi connectivity index (χ1) is 17.5. The van der Waals surface area contributed by atoms with Crippen molar-refractivity contribution in [2.24, 2.45) is 0 Å². The highest BCUT2D eigenvalue weighted by Crippen LogP contribution is 2.32. The lowest BCUT2D eigenvalue weighted by atomic mass is 10.1. The molecular weight excluding hydrogens is 519 g/mol. The number of non-ortho nitro benzene ring substituents is 1. The fourth-order valence-electron chi connectivity index (χ4n) is 4.27. The average Bonchev–Trinajstić information content (AvgIpc) is 2.88. The third-order valence-corrected chi connectivity index (χ3v) is 6.45. The highest BCUT2D eigenvalue weighted by atomic mass is 35.5. The summed E-state index contributed by atoms with van der Waals surface area (Å²) in [5.74, 6) is -2.43. The summed E-state index contributed by atoms with van der Waals surface area (Å²) in [7, 11) is 0. The Morgan fingerprint density at radius 1 is 0.946 bits per heavy atom. The maximum Gasteiger partial charge on any atom is 0.471 e. The van der Waals surface area contributed by atoms with E-state index in [9.17, 15) is 32.9 Å². The summed E-state index contributed by atoms with van der Waals surface area (Å²) in [5, 5.41) is 14.3. The van der Waals surface area contributed by atoms with Gasteiger partial charge < -0.3 is 24.8 Å². The molecule has 2 aromatic rings. The number of hydrogen-bond acceptors (Lipinski definition) is 7. The van der Waals surface area contributed by atoms with Crippen LogP contribution in [-0.2, 0) is 9.53 Å². The Kier molecular flexibility index (Phi) is 7.73. The van der Waals surface area contributed by atoms with Crippen molar-refractivity contribution < 1.29 is 32.4 Å². The van der Waals surface area contributed by atoms with E-state index in [1.807, 2.05) is 4.90 Å². The first kappa shape index (κ1) is 26.5. The van der Waals surface area contributed by atoms with Crippen LogP contribution in [0.3, 0.4) is 0 Å². The second-order valence-corrected chi connectivity index (χ2v) is 8.86. The number of hydrogen-bond donors (Lipinski definition) is 1. The van der Waals surface area contributed by atoms with Crippen LogP contribution in [0.4, 0.5) is 35.9 Å². The number of morpholine rings is 1. The molecule has 0 saturated carbocycles. The molecule has 2 aromatic carbocycles. The second kappa shape index (κ2) is 10.8. The quantitative estimate of drug-likeness (QED) is 0.455. The van der Waals surface area contributed by atoms with Gasteiger partial charge in [-0.05, 0) is 24.3 Å². The molecule has 0 aliphatic carbocycles. The first-order valence-electron chi connectivity index (χ1n) is 11.4. The Bertz CT molecular complexity index is 1200. The molecule has 0 unspecified atom stereocenters. The van der Waals surface area contributed by atoms with E-state index in [1.54, 1.807) is 17.0 Å². The Morgan fingerprint density at radius 2 is 1.57 bits per heavy atom. The third kappa shape index (κ3) is 6.05. The van der Waals surface area contributed by atoms with Gasteiger partial charge in [0.2, 0.25) is 0 Å². The van der Waals surface area contributed by atoms with E-state index < -0.39 is 22.9 Å². The number of amides is 2. The average molecular weight is 542 g/mol. The molecule has 2 aliphatic rings. The van der Waals surface area contributed by atoms with Crippen molar-refractivity contribution in [3.63, 3.8) is 0 Å². The molecule has 2 fully saturated rings. The normalized spacial score (nSPS) is 16.5. The van der Waals surface area contributed by atoms with E-state index in [0.717, 1.165) is 4.90 Å². The van der Waals surface area contributed by atoms with Gasteiger partial charge >= 0.3 is 12.1 Å². The number of rotatable bonds is 5. The van der Waals surface area contributed by atoms with Crippen LogP contribution in [0.15, 0.2) is 36.4 Å². The number of carbonyl (C=O) groups excluding carboxylic acids is 2. The molecule has 2 aliphatic heterocycles. The van der Waals surface area contributed by atoms with Gasteiger partial charge in [0.15, 0.2) is 0 Å². The van der Waals surface area contributed by atoms with Gasteiger partial charge in [0.05, 0.1) is 40.1 Å². The number of nitrogens with zero attached hydrogens (tertiary/aromatic N) is 4. The monoisotopic (exact) mass is 541 g/mol. The van der Waals surface area contributed by atoms with Gasteiger partial charge in [-0.1, -0.05) is 11.6 Å². The number of ether oxygens (including phenoxy) is 1. The van der Waals surface area contributed by atoms with Crippen LogP contribution < -0.4 is 15.1 Å². The van der Waals surface area contributed by atoms with Crippen LogP contribution in [0, 0.1) is 10.1 Å². The molecule has 0 aromatic heterocycles. The van der Waals surface area contributed by atoms with E-state index in [0.29, 0.717) is 43.4 Å². The van der Waals surface area contributed by atoms with Gasteiger partial charge in [-0.3, -0.25) is 19.7 Å². The number of nitrogens with one attached hydrogen (secondary N) is 1. The Labute approximate surface area is 214 Å². The molecule has 0 atom stereocenters. The molecule has 2 amide bonds. The molecule has 0 spiro atoms. The summed E-state index contributed by atoms with van der Waals surface area (Å²) in [5.41, 5.74) is 1.33. The Balaban J connectivity index is 1.48. The van der Waals surface area contributed by atoms with Crippen LogP contribution in [-0.4, -0.2) is 80.3 Å². The highest BCUT2D eigenvalue weighted by molar-refractivity contribution is 6.33. The van der Waals surface area contributed by atoms with E-state index >= 15 is 0 Å². The maximum absolute atomic E-state index is 13.2. The molecule has 10 nitrogen and oxygen atoms in total. The van der Waals surface area contributed by atoms with Crippen molar-refractivity contribution in [1.82, 2.24) is 4.90 Å². The van der Waals surface area contributed by atoms with Gasteiger partial charge in [-0.15, -0.1) is 0 Å². The lowest BCUT2D eigenvalue weighted by Gasteiger charge is -2.36. The number of carbonyl (C=O) groups is 2. The van der Waals surface area contributed by atoms with Crippen molar-refractivity contribution in [3.05, 3.63) is 57.1 Å². The summed E-state index contributed by atoms with van der Waals surface area (Å²) < 4.78 is 43.4. The molecular formula is C23H23ClF3N5O5. The lowest BCUT2D eigenvalue weighted by molar-refractivity contribution is -0.384. The van der Waals surface area contributed by atoms with Crippen molar-refractivity contribution in [2.75, 3.05) is 67.6 Å². The minimum atomic E-state index is -4.92. The van der Waals surface area contributed by atoms with Crippen LogP contribution in [0.25, 0.3) is 0 Å². The third-order valence-electron chi connectivity index (χ3n) is 6.14. The number of nitro groups is 1. The van der Waals surface area contributed by atoms with Gasteiger partial charge in [-0.2, -0.15) is 13.2 Å². The predicted molar refractivity (Wildman–Crippen MR) is 130 cm³/mol. The van der Waals surface area contributed by atoms with E-state index in [1.165, 1.54) is 24.3 Å². The fourth-order valence-corrected chi connectivity index (χ4v) is 4.57. The highest BCUT2D eigenvalue weighted by Gasteiger charge is 2.43. The molecule has 37 heavy (non-hydrogen) atoms. The number of alkyl halides is 3. The minimum Gasteiger partial charge on any atom is -0.378 e. The molecule has 2 heterocycles. The lowest BCUT2D eigenvalue weighted by Crippen LogP contribution is -2.52. The summed E-state index contributed by atoms with van der Waals surface area (Å²) >= 11 is 6.42. The van der Waals surface area contributed by atoms with Crippen LogP contribution >= 0.6 is 11.6 Å². The van der Waals surface area contributed by atoms with Gasteiger partial charge in [-0.25, -0.2) is 0 Å². The zero-order valence-electron chi connectivity index (χ0n) is 19.5. The van der Waals surface area contributed by atoms with Gasteiger partial charge in [0.25, 0.3) is 11.6 Å². The topological polar surface area (TPSA) is 108 Å². The zero-order chi connectivity index (χ0) is 26.7. The standard InChI is InChI=1S/C23H23ClF3N5O5/c24-18-13-15(1-3-20(18)29-5-7-31(8-6-29)22(34)23(25,26)27)28-21(33)17-14-16(32(35)36)2-4-19(17)30-9-11-37-12-10-30/h1-4,13-14H,5-12H2,(H,28,33). The fraction of sp³-hybridized carbons (Fsp3) is 0.391. The predicted octanol–water partition coefficient (Wildman–Crippen LogP) is 3.55. The second-order valence-electron chi connectivity index (χ2n) is 8.46. The summed E-state index contributed by atoms with van der Waals surface area (Å²) in [6.07, 6.45) is -4.92. The summed E-state index contributed by atoms with van der Waals surface area (Å²) in [4.78, 5) is 39.8. The van der Waals surface area contributed by atoms with Crippen molar-refractivity contribution in [3.8, 4) is 0 Å². The van der Waals surface area contributed by atoms with E-state index in [-0.39, 0.29) is 42.5 Å². The first-order valence-corrected chi connectivity index (χ1v) is 11.8. The van der Waals surface area contributed by atoms with E-state index in [2.05, 4.69) is 5.32 Å². The maximum atomic E-state index is 13.2. The number of anilines is 3. The summed E-state index contributed by atoms with van der Waals surface area (Å²) in [6.45, 7) is 2.09. The zero-order valence-corrected chi connectivity index (χ0v) is 20.2. The number of nitro benzene ring substituents is 1. The molecule has 2 saturated heterocycles. The largest absolute Gasteiger partial charge is 0.471 e. The molecule has 4 rings (SSSR count). The van der Waals surface area contributed by atoms with Crippen LogP contribution in [0.2, 0.25) is 5.02 Å². The molecule has 0 radical (unpaired) electrons.